The Bertz CT molecular complexity index is 695. The normalized spacial score (nSPS) is 24.6. The minimum Gasteiger partial charge on any atom is -0.334 e. The van der Waals surface area contributed by atoms with Crippen molar-refractivity contribution in [2.24, 2.45) is 0 Å². The van der Waals surface area contributed by atoms with E-state index in [1.807, 2.05) is 35.0 Å². The molecule has 5 heteroatoms. The number of carbonyl (C=O) groups excluding carboxylic acids is 1. The second-order valence-corrected chi connectivity index (χ2v) is 6.92. The van der Waals surface area contributed by atoms with Gasteiger partial charge >= 0.3 is 0 Å². The molecule has 126 valence electrons. The van der Waals surface area contributed by atoms with Gasteiger partial charge in [-0.15, -0.1) is 0 Å². The first kappa shape index (κ1) is 15.4. The smallest absolute Gasteiger partial charge is 0.254 e. The molecule has 0 unspecified atom stereocenters. The van der Waals surface area contributed by atoms with Gasteiger partial charge in [0, 0.05) is 42.3 Å². The van der Waals surface area contributed by atoms with Crippen LogP contribution in [0.15, 0.2) is 43.0 Å². The van der Waals surface area contributed by atoms with Crippen molar-refractivity contribution in [3.63, 3.8) is 0 Å². The van der Waals surface area contributed by atoms with Crippen LogP contribution in [-0.2, 0) is 0 Å². The summed E-state index contributed by atoms with van der Waals surface area (Å²) in [6.07, 6.45) is 10.1. The number of rotatable bonds is 3. The molecule has 4 rings (SSSR count). The monoisotopic (exact) mass is 324 g/mol. The topological polar surface area (TPSA) is 41.4 Å². The van der Waals surface area contributed by atoms with Gasteiger partial charge < -0.3 is 14.4 Å². The maximum absolute atomic E-state index is 13.0. The Labute approximate surface area is 142 Å². The fourth-order valence-corrected chi connectivity index (χ4v) is 4.22. The van der Waals surface area contributed by atoms with Gasteiger partial charge in [0.05, 0.1) is 6.33 Å². The van der Waals surface area contributed by atoms with Gasteiger partial charge in [-0.05, 0) is 63.5 Å². The van der Waals surface area contributed by atoms with Crippen molar-refractivity contribution >= 4 is 5.91 Å². The lowest BCUT2D eigenvalue weighted by molar-refractivity contribution is 0.0664. The second kappa shape index (κ2) is 6.40. The predicted molar refractivity (Wildman–Crippen MR) is 93.3 cm³/mol. The van der Waals surface area contributed by atoms with Crippen LogP contribution in [0.2, 0.25) is 0 Å². The summed E-state index contributed by atoms with van der Waals surface area (Å²) in [5.74, 6) is 0.176. The molecule has 0 N–H and O–H groups in total. The fourth-order valence-electron chi connectivity index (χ4n) is 4.22. The zero-order valence-corrected chi connectivity index (χ0v) is 14.1. The molecule has 2 saturated heterocycles. The van der Waals surface area contributed by atoms with Crippen LogP contribution >= 0.6 is 0 Å². The lowest BCUT2D eigenvalue weighted by atomic mass is 10.0. The minimum absolute atomic E-state index is 0.176. The number of benzene rings is 1. The molecule has 2 aliphatic heterocycles. The summed E-state index contributed by atoms with van der Waals surface area (Å²) >= 11 is 0. The van der Waals surface area contributed by atoms with E-state index < -0.39 is 0 Å². The Balaban J connectivity index is 1.52. The average Bonchev–Trinajstić information content (AvgIpc) is 3.35. The Kier molecular flexibility index (Phi) is 4.10. The lowest BCUT2D eigenvalue weighted by Crippen LogP contribution is -2.47. The number of amides is 1. The quantitative estimate of drug-likeness (QED) is 0.871. The van der Waals surface area contributed by atoms with E-state index in [1.165, 1.54) is 12.8 Å². The van der Waals surface area contributed by atoms with Gasteiger partial charge in [0.1, 0.15) is 0 Å². The Morgan fingerprint density at radius 2 is 1.83 bits per heavy atom. The van der Waals surface area contributed by atoms with E-state index >= 15 is 0 Å². The summed E-state index contributed by atoms with van der Waals surface area (Å²) in [6.45, 7) is 2.04. The molecular formula is C19H24N4O. The van der Waals surface area contributed by atoms with Crippen LogP contribution in [-0.4, -0.2) is 57.5 Å². The van der Waals surface area contributed by atoms with Crippen molar-refractivity contribution < 1.29 is 4.79 Å². The molecule has 0 bridgehead atoms. The van der Waals surface area contributed by atoms with Crippen LogP contribution in [0.25, 0.3) is 5.69 Å². The lowest BCUT2D eigenvalue weighted by Gasteiger charge is -2.33. The molecule has 0 spiro atoms. The van der Waals surface area contributed by atoms with E-state index in [4.69, 9.17) is 0 Å². The number of imidazole rings is 1. The zero-order valence-electron chi connectivity index (χ0n) is 14.1. The fraction of sp³-hybridized carbons (Fsp3) is 0.474. The molecule has 2 atom stereocenters. The minimum atomic E-state index is 0.176. The van der Waals surface area contributed by atoms with E-state index in [0.29, 0.717) is 12.1 Å². The van der Waals surface area contributed by atoms with Crippen LogP contribution < -0.4 is 0 Å². The first-order valence-electron chi connectivity index (χ1n) is 8.83. The maximum atomic E-state index is 13.0. The van der Waals surface area contributed by atoms with Crippen molar-refractivity contribution in [3.8, 4) is 5.69 Å². The summed E-state index contributed by atoms with van der Waals surface area (Å²) in [4.78, 5) is 21.6. The Hall–Kier alpha value is -2.14. The maximum Gasteiger partial charge on any atom is 0.254 e. The highest BCUT2D eigenvalue weighted by molar-refractivity contribution is 5.94. The number of nitrogens with zero attached hydrogens (tertiary/aromatic N) is 4. The number of hydrogen-bond donors (Lipinski definition) is 0. The van der Waals surface area contributed by atoms with Gasteiger partial charge in [0.2, 0.25) is 0 Å². The van der Waals surface area contributed by atoms with Crippen molar-refractivity contribution in [2.75, 3.05) is 20.1 Å². The molecular weight excluding hydrogens is 300 g/mol. The van der Waals surface area contributed by atoms with Gasteiger partial charge in [0.15, 0.2) is 0 Å². The van der Waals surface area contributed by atoms with Crippen molar-refractivity contribution in [1.82, 2.24) is 19.4 Å². The van der Waals surface area contributed by atoms with E-state index in [-0.39, 0.29) is 5.91 Å². The third kappa shape index (κ3) is 2.73. The third-order valence-electron chi connectivity index (χ3n) is 5.50. The van der Waals surface area contributed by atoms with Crippen LogP contribution in [0.5, 0.6) is 0 Å². The highest BCUT2D eigenvalue weighted by atomic mass is 16.2. The molecule has 24 heavy (non-hydrogen) atoms. The molecule has 2 fully saturated rings. The predicted octanol–water partition coefficient (Wildman–Crippen LogP) is 2.57. The van der Waals surface area contributed by atoms with Gasteiger partial charge in [-0.25, -0.2) is 4.98 Å². The zero-order chi connectivity index (χ0) is 16.5. The molecule has 1 aromatic heterocycles. The summed E-state index contributed by atoms with van der Waals surface area (Å²) in [7, 11) is 2.19. The van der Waals surface area contributed by atoms with Crippen LogP contribution in [0.1, 0.15) is 36.0 Å². The van der Waals surface area contributed by atoms with E-state index in [1.54, 1.807) is 12.5 Å². The van der Waals surface area contributed by atoms with E-state index in [9.17, 15) is 4.79 Å². The van der Waals surface area contributed by atoms with Gasteiger partial charge in [-0.2, -0.15) is 0 Å². The number of carbonyl (C=O) groups is 1. The number of likely N-dealkylation sites (tertiary alicyclic amines) is 2. The Morgan fingerprint density at radius 3 is 2.50 bits per heavy atom. The molecule has 1 aromatic carbocycles. The molecule has 1 amide bonds. The third-order valence-corrected chi connectivity index (χ3v) is 5.50. The molecule has 2 aliphatic rings. The summed E-state index contributed by atoms with van der Waals surface area (Å²) in [5.41, 5.74) is 1.81. The number of aromatic nitrogens is 2. The second-order valence-electron chi connectivity index (χ2n) is 6.92. The molecule has 0 aliphatic carbocycles. The first-order valence-corrected chi connectivity index (χ1v) is 8.83. The summed E-state index contributed by atoms with van der Waals surface area (Å²) in [5, 5.41) is 0. The highest BCUT2D eigenvalue weighted by Crippen LogP contribution is 2.30. The average molecular weight is 324 g/mol. The number of likely N-dealkylation sites (N-methyl/N-ethyl adjacent to an activating group) is 1. The first-order chi connectivity index (χ1) is 11.7. The van der Waals surface area contributed by atoms with Crippen LogP contribution in [0.3, 0.4) is 0 Å². The van der Waals surface area contributed by atoms with Crippen molar-refractivity contribution in [3.05, 3.63) is 48.5 Å². The van der Waals surface area contributed by atoms with Crippen LogP contribution in [0.4, 0.5) is 0 Å². The van der Waals surface area contributed by atoms with Crippen molar-refractivity contribution in [2.45, 2.75) is 37.8 Å². The molecule has 0 saturated carbocycles. The summed E-state index contributed by atoms with van der Waals surface area (Å²) < 4.78 is 1.94. The standard InChI is InChI=1S/C19H24N4O/c1-21-11-2-4-17(21)18-5-3-12-23(18)19(24)15-6-8-16(9-7-15)22-13-10-20-14-22/h6-10,13-14,17-18H,2-5,11-12H2,1H3/t17-,18+/m1/s1. The van der Waals surface area contributed by atoms with Gasteiger partial charge in [0.25, 0.3) is 5.91 Å². The molecule has 2 aromatic rings. The SMILES string of the molecule is CN1CCC[C@@H]1[C@@H]1CCCN1C(=O)c1ccc(-n2ccnc2)cc1. The highest BCUT2D eigenvalue weighted by Gasteiger charge is 2.38. The molecule has 3 heterocycles. The summed E-state index contributed by atoms with van der Waals surface area (Å²) in [6, 6.07) is 8.75. The van der Waals surface area contributed by atoms with Crippen molar-refractivity contribution in [1.29, 1.82) is 0 Å². The van der Waals surface area contributed by atoms with E-state index in [2.05, 4.69) is 21.8 Å². The molecule has 5 nitrogen and oxygen atoms in total. The molecule has 0 radical (unpaired) electrons. The van der Waals surface area contributed by atoms with Crippen LogP contribution in [0, 0.1) is 0 Å². The van der Waals surface area contributed by atoms with Gasteiger partial charge in [-0.1, -0.05) is 0 Å². The van der Waals surface area contributed by atoms with Gasteiger partial charge in [-0.3, -0.25) is 4.79 Å². The largest absolute Gasteiger partial charge is 0.334 e. The Morgan fingerprint density at radius 1 is 1.08 bits per heavy atom. The number of hydrogen-bond acceptors (Lipinski definition) is 3. The van der Waals surface area contributed by atoms with E-state index in [0.717, 1.165) is 37.2 Å².